The van der Waals surface area contributed by atoms with Gasteiger partial charge in [0, 0.05) is 0 Å². The van der Waals surface area contributed by atoms with Crippen LogP contribution in [0.5, 0.6) is 0 Å². The maximum Gasteiger partial charge on any atom is 0.136 e. The first-order valence-electron chi connectivity index (χ1n) is 9.04. The minimum atomic E-state index is 0.919. The van der Waals surface area contributed by atoms with Crippen molar-refractivity contribution in [3.05, 3.63) is 0 Å². The Hall–Kier alpha value is 0.0649. The summed E-state index contributed by atoms with van der Waals surface area (Å²) < 4.78 is 0. The van der Waals surface area contributed by atoms with Crippen LogP contribution in [0.1, 0.15) is 79.6 Å². The lowest BCUT2D eigenvalue weighted by molar-refractivity contribution is 0.255. The molecule has 0 aromatic rings. The zero-order valence-electron chi connectivity index (χ0n) is 14.7. The van der Waals surface area contributed by atoms with Crippen molar-refractivity contribution in [3.63, 3.8) is 0 Å². The third-order valence-electron chi connectivity index (χ3n) is 5.03. The molecule has 1 heteroatoms. The molecule has 0 aliphatic carbocycles. The molecule has 3 atom stereocenters. The van der Waals surface area contributed by atoms with E-state index in [0.29, 0.717) is 0 Å². The minimum Gasteiger partial charge on any atom is -0.0861 e. The zero-order valence-corrected chi connectivity index (χ0v) is 14.7. The first kappa shape index (κ1) is 19.1. The molecule has 0 rings (SSSR count). The molecule has 0 aliphatic rings. The van der Waals surface area contributed by atoms with Gasteiger partial charge in [0.2, 0.25) is 0 Å². The van der Waals surface area contributed by atoms with E-state index in [1.807, 2.05) is 0 Å². The van der Waals surface area contributed by atoms with Crippen LogP contribution >= 0.6 is 0 Å². The standard InChI is InChI=1S/C18H39B/c1-7-10-12-18(15-16(4)11-8-2)17(5)13-14-19(6)9-3/h16-18H,7-15H2,1-6H3. The molecule has 19 heavy (non-hydrogen) atoms. The van der Waals surface area contributed by atoms with Gasteiger partial charge in [-0.3, -0.25) is 0 Å². The number of rotatable bonds is 12. The Morgan fingerprint density at radius 1 is 0.895 bits per heavy atom. The van der Waals surface area contributed by atoms with E-state index in [-0.39, 0.29) is 0 Å². The first-order valence-corrected chi connectivity index (χ1v) is 9.04. The molecule has 0 fully saturated rings. The molecule has 0 N–H and O–H groups in total. The summed E-state index contributed by atoms with van der Waals surface area (Å²) in [5.74, 6) is 2.84. The third kappa shape index (κ3) is 9.58. The fourth-order valence-electron chi connectivity index (χ4n) is 3.22. The molecule has 0 aromatic heterocycles. The SMILES string of the molecule is CCCCC(CC(C)CCC)C(C)CCB(C)CC. The second-order valence-corrected chi connectivity index (χ2v) is 7.10. The van der Waals surface area contributed by atoms with Crippen LogP contribution in [0, 0.1) is 17.8 Å². The van der Waals surface area contributed by atoms with Gasteiger partial charge in [0.1, 0.15) is 6.71 Å². The molecule has 0 saturated heterocycles. The molecule has 0 aromatic carbocycles. The van der Waals surface area contributed by atoms with E-state index in [2.05, 4.69) is 41.4 Å². The van der Waals surface area contributed by atoms with Crippen LogP contribution < -0.4 is 0 Å². The summed E-state index contributed by atoms with van der Waals surface area (Å²) in [4.78, 5) is 0. The van der Waals surface area contributed by atoms with Crippen LogP contribution in [-0.2, 0) is 0 Å². The summed E-state index contributed by atoms with van der Waals surface area (Å²) in [7, 11) is 0. The number of hydrogen-bond donors (Lipinski definition) is 0. The average molecular weight is 266 g/mol. The van der Waals surface area contributed by atoms with E-state index in [4.69, 9.17) is 0 Å². The average Bonchev–Trinajstić information content (AvgIpc) is 2.40. The van der Waals surface area contributed by atoms with E-state index < -0.39 is 0 Å². The summed E-state index contributed by atoms with van der Waals surface area (Å²) in [6.45, 7) is 15.3. The molecule has 0 bridgehead atoms. The first-order chi connectivity index (χ1) is 9.04. The summed E-state index contributed by atoms with van der Waals surface area (Å²) >= 11 is 0. The minimum absolute atomic E-state index is 0.919. The fraction of sp³-hybridized carbons (Fsp3) is 1.00. The molecular weight excluding hydrogens is 227 g/mol. The molecule has 0 spiro atoms. The van der Waals surface area contributed by atoms with Gasteiger partial charge < -0.3 is 0 Å². The van der Waals surface area contributed by atoms with Crippen molar-refractivity contribution in [1.29, 1.82) is 0 Å². The molecule has 0 saturated carbocycles. The van der Waals surface area contributed by atoms with Crippen molar-refractivity contribution in [2.24, 2.45) is 17.8 Å². The summed E-state index contributed by atoms with van der Waals surface area (Å²) in [6.07, 6.45) is 12.7. The Kier molecular flexibility index (Phi) is 11.9. The van der Waals surface area contributed by atoms with Gasteiger partial charge in [-0.25, -0.2) is 0 Å². The van der Waals surface area contributed by atoms with E-state index in [9.17, 15) is 0 Å². The van der Waals surface area contributed by atoms with Crippen LogP contribution in [0.15, 0.2) is 0 Å². The lowest BCUT2D eigenvalue weighted by Crippen LogP contribution is -2.17. The quantitative estimate of drug-likeness (QED) is 0.341. The van der Waals surface area contributed by atoms with Gasteiger partial charge in [0.15, 0.2) is 0 Å². The number of hydrogen-bond acceptors (Lipinski definition) is 0. The molecule has 0 heterocycles. The lowest BCUT2D eigenvalue weighted by Gasteiger charge is -2.27. The van der Waals surface area contributed by atoms with Crippen molar-refractivity contribution in [3.8, 4) is 0 Å². The molecule has 0 nitrogen and oxygen atoms in total. The van der Waals surface area contributed by atoms with Crippen molar-refractivity contribution < 1.29 is 0 Å². The van der Waals surface area contributed by atoms with Gasteiger partial charge in [0.05, 0.1) is 0 Å². The molecule has 3 unspecified atom stereocenters. The predicted octanol–water partition coefficient (Wildman–Crippen LogP) is 6.79. The predicted molar refractivity (Wildman–Crippen MR) is 92.4 cm³/mol. The van der Waals surface area contributed by atoms with Gasteiger partial charge in [-0.15, -0.1) is 0 Å². The summed E-state index contributed by atoms with van der Waals surface area (Å²) in [5.41, 5.74) is 0. The zero-order chi connectivity index (χ0) is 14.7. The highest BCUT2D eigenvalue weighted by Crippen LogP contribution is 2.31. The van der Waals surface area contributed by atoms with Gasteiger partial charge >= 0.3 is 0 Å². The van der Waals surface area contributed by atoms with Crippen molar-refractivity contribution in [1.82, 2.24) is 0 Å². The molecular formula is C18H39B. The topological polar surface area (TPSA) is 0 Å². The van der Waals surface area contributed by atoms with Crippen LogP contribution in [-0.4, -0.2) is 6.71 Å². The van der Waals surface area contributed by atoms with E-state index in [1.165, 1.54) is 57.6 Å². The van der Waals surface area contributed by atoms with Crippen LogP contribution in [0.3, 0.4) is 0 Å². The Balaban J connectivity index is 4.21. The molecule has 0 amide bonds. The molecule has 0 radical (unpaired) electrons. The van der Waals surface area contributed by atoms with Crippen molar-refractivity contribution >= 4 is 6.71 Å². The van der Waals surface area contributed by atoms with E-state index in [1.54, 1.807) is 0 Å². The smallest absolute Gasteiger partial charge is 0.0861 e. The highest BCUT2D eigenvalue weighted by atomic mass is 14.2. The van der Waals surface area contributed by atoms with Crippen molar-refractivity contribution in [2.75, 3.05) is 0 Å². The van der Waals surface area contributed by atoms with Gasteiger partial charge in [-0.1, -0.05) is 92.6 Å². The highest BCUT2D eigenvalue weighted by molar-refractivity contribution is 6.57. The lowest BCUT2D eigenvalue weighted by atomic mass is 9.46. The van der Waals surface area contributed by atoms with Crippen molar-refractivity contribution in [2.45, 2.75) is 99.0 Å². The molecule has 0 aliphatic heterocycles. The fourth-order valence-corrected chi connectivity index (χ4v) is 3.22. The van der Waals surface area contributed by atoms with Crippen LogP contribution in [0.4, 0.5) is 0 Å². The summed E-state index contributed by atoms with van der Waals surface area (Å²) in [6, 6.07) is 0. The van der Waals surface area contributed by atoms with Crippen LogP contribution in [0.25, 0.3) is 0 Å². The second-order valence-electron chi connectivity index (χ2n) is 7.10. The Labute approximate surface area is 124 Å². The van der Waals surface area contributed by atoms with Gasteiger partial charge in [-0.05, 0) is 24.2 Å². The van der Waals surface area contributed by atoms with Gasteiger partial charge in [-0.2, -0.15) is 0 Å². The third-order valence-corrected chi connectivity index (χ3v) is 5.03. The monoisotopic (exact) mass is 266 g/mol. The second kappa shape index (κ2) is 11.9. The Morgan fingerprint density at radius 2 is 1.58 bits per heavy atom. The molecule has 114 valence electrons. The largest absolute Gasteiger partial charge is 0.136 e. The van der Waals surface area contributed by atoms with E-state index >= 15 is 0 Å². The van der Waals surface area contributed by atoms with E-state index in [0.717, 1.165) is 24.5 Å². The summed E-state index contributed by atoms with van der Waals surface area (Å²) in [5, 5.41) is 0. The van der Waals surface area contributed by atoms with Gasteiger partial charge in [0.25, 0.3) is 0 Å². The normalized spacial score (nSPS) is 16.1. The highest BCUT2D eigenvalue weighted by Gasteiger charge is 2.20. The Bertz CT molecular complexity index is 190. The number of unbranched alkanes of at least 4 members (excludes halogenated alkanes) is 1. The maximum atomic E-state index is 2.52. The maximum absolute atomic E-state index is 2.52. The van der Waals surface area contributed by atoms with Crippen LogP contribution in [0.2, 0.25) is 19.5 Å². The Morgan fingerprint density at radius 3 is 2.11 bits per heavy atom.